The summed E-state index contributed by atoms with van der Waals surface area (Å²) in [6, 6.07) is 6.07. The van der Waals surface area contributed by atoms with Crippen LogP contribution in [0.1, 0.15) is 34.9 Å². The number of fused-ring (bicyclic) bond motifs is 3. The van der Waals surface area contributed by atoms with Crippen molar-refractivity contribution in [2.24, 2.45) is 0 Å². The number of aliphatic hydroxyl groups excluding tert-OH is 1. The third kappa shape index (κ3) is 3.90. The molecule has 1 aliphatic rings. The van der Waals surface area contributed by atoms with Gasteiger partial charge >= 0.3 is 0 Å². The van der Waals surface area contributed by atoms with Crippen LogP contribution in [0.15, 0.2) is 30.6 Å². The molecule has 0 saturated heterocycles. The molecule has 3 heterocycles. The van der Waals surface area contributed by atoms with Crippen molar-refractivity contribution >= 4 is 17.2 Å². The monoisotopic (exact) mass is 412 g/mol. The van der Waals surface area contributed by atoms with E-state index >= 15 is 0 Å². The van der Waals surface area contributed by atoms with Crippen LogP contribution in [-0.2, 0) is 6.42 Å². The Balaban J connectivity index is 1.68. The normalized spacial score (nSPS) is 12.8. The summed E-state index contributed by atoms with van der Waals surface area (Å²) in [5.41, 5.74) is 3.75. The van der Waals surface area contributed by atoms with Crippen molar-refractivity contribution in [2.75, 3.05) is 19.8 Å². The summed E-state index contributed by atoms with van der Waals surface area (Å²) in [5, 5.41) is 16.5. The molecule has 0 aliphatic carbocycles. The van der Waals surface area contributed by atoms with Gasteiger partial charge in [-0.15, -0.1) is 11.3 Å². The number of hydrogen-bond acceptors (Lipinski definition) is 6. The van der Waals surface area contributed by atoms with Crippen LogP contribution < -0.4 is 4.74 Å². The van der Waals surface area contributed by atoms with Crippen LogP contribution in [0.5, 0.6) is 5.75 Å². The van der Waals surface area contributed by atoms with Gasteiger partial charge in [-0.3, -0.25) is 9.89 Å². The third-order valence-corrected chi connectivity index (χ3v) is 6.08. The number of thiazole rings is 1. The third-order valence-electron chi connectivity index (χ3n) is 4.98. The van der Waals surface area contributed by atoms with Crippen LogP contribution in [0.4, 0.5) is 0 Å². The molecule has 0 unspecified atom stereocenters. The number of H-pyrrole nitrogens is 1. The molecular formula is C21H24N4O3S. The molecule has 0 bridgehead atoms. The summed E-state index contributed by atoms with van der Waals surface area (Å²) in [4.78, 5) is 20.6. The number of ether oxygens (including phenoxy) is 1. The van der Waals surface area contributed by atoms with E-state index in [1.807, 2.05) is 38.2 Å². The Hall–Kier alpha value is -2.71. The average molecular weight is 413 g/mol. The van der Waals surface area contributed by atoms with Gasteiger partial charge in [-0.05, 0) is 38.0 Å². The van der Waals surface area contributed by atoms with E-state index in [-0.39, 0.29) is 18.6 Å². The van der Waals surface area contributed by atoms with Crippen molar-refractivity contribution in [1.82, 2.24) is 20.1 Å². The van der Waals surface area contributed by atoms with E-state index in [9.17, 15) is 4.79 Å². The first-order valence-corrected chi connectivity index (χ1v) is 10.6. The standard InChI is InChI=1S/C21H24N4O3S/c1-13(2)25(7-3-8-26)21(27)20-24-19-16-5-4-14(15-11-22-23-12-15)10-17(16)28-9-6-18(19)29-20/h4-5,10-13,26H,3,6-9H2,1-2H3,(H,22,23). The molecule has 3 aromatic rings. The summed E-state index contributed by atoms with van der Waals surface area (Å²) in [6.07, 6.45) is 4.89. The van der Waals surface area contributed by atoms with E-state index in [4.69, 9.17) is 14.8 Å². The lowest BCUT2D eigenvalue weighted by Crippen LogP contribution is -2.38. The molecule has 0 atom stereocenters. The van der Waals surface area contributed by atoms with Crippen LogP contribution in [-0.4, -0.2) is 56.9 Å². The van der Waals surface area contributed by atoms with Gasteiger partial charge in [0, 0.05) is 47.8 Å². The first-order chi connectivity index (χ1) is 14.1. The van der Waals surface area contributed by atoms with Crippen molar-refractivity contribution in [3.8, 4) is 28.1 Å². The van der Waals surface area contributed by atoms with Gasteiger partial charge in [0.1, 0.15) is 5.75 Å². The minimum Gasteiger partial charge on any atom is -0.492 e. The van der Waals surface area contributed by atoms with Gasteiger partial charge in [0.2, 0.25) is 0 Å². The highest BCUT2D eigenvalue weighted by molar-refractivity contribution is 7.14. The highest BCUT2D eigenvalue weighted by Crippen LogP contribution is 2.39. The fraction of sp³-hybridized carbons (Fsp3) is 0.381. The Labute approximate surface area is 173 Å². The molecule has 0 radical (unpaired) electrons. The second kappa shape index (κ2) is 8.34. The van der Waals surface area contributed by atoms with Gasteiger partial charge in [0.25, 0.3) is 5.91 Å². The molecule has 0 saturated carbocycles. The second-order valence-corrected chi connectivity index (χ2v) is 8.34. The molecule has 152 valence electrons. The molecule has 29 heavy (non-hydrogen) atoms. The lowest BCUT2D eigenvalue weighted by Gasteiger charge is -2.25. The zero-order valence-electron chi connectivity index (χ0n) is 16.5. The Morgan fingerprint density at radius 3 is 2.97 bits per heavy atom. The molecule has 1 aromatic carbocycles. The summed E-state index contributed by atoms with van der Waals surface area (Å²) in [5.74, 6) is 0.691. The Kier molecular flexibility index (Phi) is 5.64. The largest absolute Gasteiger partial charge is 0.492 e. The maximum atomic E-state index is 13.1. The summed E-state index contributed by atoms with van der Waals surface area (Å²) in [6.45, 7) is 5.09. The number of amides is 1. The highest BCUT2D eigenvalue weighted by Gasteiger charge is 2.26. The minimum atomic E-state index is -0.0796. The van der Waals surface area contributed by atoms with Gasteiger partial charge in [0.15, 0.2) is 5.01 Å². The van der Waals surface area contributed by atoms with Gasteiger partial charge in [-0.25, -0.2) is 4.98 Å². The summed E-state index contributed by atoms with van der Waals surface area (Å²) in [7, 11) is 0. The summed E-state index contributed by atoms with van der Waals surface area (Å²) >= 11 is 1.44. The number of aromatic nitrogens is 3. The molecule has 2 aromatic heterocycles. The fourth-order valence-corrected chi connectivity index (χ4v) is 4.47. The zero-order chi connectivity index (χ0) is 20.4. The van der Waals surface area contributed by atoms with Crippen molar-refractivity contribution in [2.45, 2.75) is 32.7 Å². The van der Waals surface area contributed by atoms with Gasteiger partial charge in [-0.1, -0.05) is 6.07 Å². The van der Waals surface area contributed by atoms with Crippen molar-refractivity contribution in [3.05, 3.63) is 40.5 Å². The predicted octanol–water partition coefficient (Wildman–Crippen LogP) is 3.37. The number of nitrogens with one attached hydrogen (secondary N) is 1. The van der Waals surface area contributed by atoms with E-state index in [0.717, 1.165) is 33.0 Å². The molecule has 2 N–H and O–H groups in total. The quantitative estimate of drug-likeness (QED) is 0.648. The predicted molar refractivity (Wildman–Crippen MR) is 112 cm³/mol. The van der Waals surface area contributed by atoms with E-state index in [1.54, 1.807) is 11.1 Å². The van der Waals surface area contributed by atoms with Crippen molar-refractivity contribution in [1.29, 1.82) is 0 Å². The van der Waals surface area contributed by atoms with Crippen LogP contribution in [0.25, 0.3) is 22.4 Å². The van der Waals surface area contributed by atoms with Crippen molar-refractivity contribution in [3.63, 3.8) is 0 Å². The Morgan fingerprint density at radius 1 is 1.38 bits per heavy atom. The first-order valence-electron chi connectivity index (χ1n) is 9.76. The topological polar surface area (TPSA) is 91.3 Å². The van der Waals surface area contributed by atoms with E-state index in [0.29, 0.717) is 31.0 Å². The second-order valence-electron chi connectivity index (χ2n) is 7.26. The highest BCUT2D eigenvalue weighted by atomic mass is 32.1. The maximum absolute atomic E-state index is 13.1. The number of benzene rings is 1. The van der Waals surface area contributed by atoms with Crippen LogP contribution >= 0.6 is 11.3 Å². The maximum Gasteiger partial charge on any atom is 0.283 e. The first kappa shape index (κ1) is 19.6. The lowest BCUT2D eigenvalue weighted by molar-refractivity contribution is 0.0693. The number of carbonyl (C=O) groups is 1. The molecule has 4 rings (SSSR count). The van der Waals surface area contributed by atoms with Crippen molar-refractivity contribution < 1.29 is 14.6 Å². The molecule has 8 heteroatoms. The van der Waals surface area contributed by atoms with Crippen LogP contribution in [0.2, 0.25) is 0 Å². The molecular weight excluding hydrogens is 388 g/mol. The summed E-state index contributed by atoms with van der Waals surface area (Å²) < 4.78 is 5.98. The molecule has 1 aliphatic heterocycles. The SMILES string of the molecule is CC(C)N(CCCO)C(=O)c1nc2c(s1)CCOc1cc(-c3cn[nH]c3)ccc1-2. The van der Waals surface area contributed by atoms with E-state index < -0.39 is 0 Å². The van der Waals surface area contributed by atoms with E-state index in [2.05, 4.69) is 10.2 Å². The molecule has 0 fully saturated rings. The Morgan fingerprint density at radius 2 is 2.24 bits per heavy atom. The van der Waals surface area contributed by atoms with E-state index in [1.165, 1.54) is 11.3 Å². The van der Waals surface area contributed by atoms with Gasteiger partial charge in [0.05, 0.1) is 18.5 Å². The minimum absolute atomic E-state index is 0.0471. The van der Waals surface area contributed by atoms with Gasteiger partial charge in [-0.2, -0.15) is 5.10 Å². The number of hydrogen-bond donors (Lipinski definition) is 2. The smallest absolute Gasteiger partial charge is 0.283 e. The number of aliphatic hydroxyl groups is 1. The Bertz CT molecular complexity index is 998. The molecule has 0 spiro atoms. The molecule has 7 nitrogen and oxygen atoms in total. The number of rotatable bonds is 6. The van der Waals surface area contributed by atoms with Gasteiger partial charge < -0.3 is 14.7 Å². The molecule has 1 amide bonds. The van der Waals surface area contributed by atoms with Crippen LogP contribution in [0.3, 0.4) is 0 Å². The zero-order valence-corrected chi connectivity index (χ0v) is 17.3. The number of aromatic amines is 1. The van der Waals surface area contributed by atoms with Crippen LogP contribution in [0, 0.1) is 0 Å². The number of carbonyl (C=O) groups excluding carboxylic acids is 1. The number of nitrogens with zero attached hydrogens (tertiary/aromatic N) is 3. The average Bonchev–Trinajstić information content (AvgIpc) is 3.35. The lowest BCUT2D eigenvalue weighted by atomic mass is 10.0. The fourth-order valence-electron chi connectivity index (χ4n) is 3.46.